The molecule has 1 heterocycles. The van der Waals surface area contributed by atoms with Gasteiger partial charge in [-0.1, -0.05) is 18.2 Å². The van der Waals surface area contributed by atoms with Gasteiger partial charge >= 0.3 is 0 Å². The summed E-state index contributed by atoms with van der Waals surface area (Å²) < 4.78 is 17.5. The van der Waals surface area contributed by atoms with E-state index in [4.69, 9.17) is 14.2 Å². The summed E-state index contributed by atoms with van der Waals surface area (Å²) in [5, 5.41) is 4.93. The minimum absolute atomic E-state index is 0.00550. The van der Waals surface area contributed by atoms with Crippen molar-refractivity contribution in [1.82, 2.24) is 10.4 Å². The van der Waals surface area contributed by atoms with E-state index in [0.717, 1.165) is 15.4 Å². The molecule has 0 spiro atoms. The van der Waals surface area contributed by atoms with Gasteiger partial charge in [-0.2, -0.15) is 5.10 Å². The van der Waals surface area contributed by atoms with Crippen LogP contribution in [-0.4, -0.2) is 36.9 Å². The Morgan fingerprint density at radius 3 is 2.80 bits per heavy atom. The zero-order valence-corrected chi connectivity index (χ0v) is 18.5. The van der Waals surface area contributed by atoms with Gasteiger partial charge in [-0.25, -0.2) is 5.43 Å². The van der Waals surface area contributed by atoms with Gasteiger partial charge in [0, 0.05) is 11.6 Å². The fourth-order valence-corrected chi connectivity index (χ4v) is 3.26. The number of benzene rings is 2. The standard InChI is InChI=1S/C22H22BrN3O4/c1-14(2)30-22-17(23)10-15(11-19(22)28-3)12-25-26-20(27)13-29-18-8-4-6-16-7-5-9-24-21(16)18/h4-12,14H,13H2,1-3H3,(H,26,27). The van der Waals surface area contributed by atoms with Crippen LogP contribution in [0.3, 0.4) is 0 Å². The van der Waals surface area contributed by atoms with Crippen LogP contribution in [0.1, 0.15) is 19.4 Å². The SMILES string of the molecule is COc1cc(C=NNC(=O)COc2cccc3cccnc23)cc(Br)c1OC(C)C. The van der Waals surface area contributed by atoms with Crippen LogP contribution in [0, 0.1) is 0 Å². The van der Waals surface area contributed by atoms with Crippen LogP contribution in [-0.2, 0) is 4.79 Å². The van der Waals surface area contributed by atoms with Crippen molar-refractivity contribution in [3.05, 3.63) is 58.7 Å². The Balaban J connectivity index is 1.61. The van der Waals surface area contributed by atoms with Crippen molar-refractivity contribution in [1.29, 1.82) is 0 Å². The number of hydrogen-bond donors (Lipinski definition) is 1. The summed E-state index contributed by atoms with van der Waals surface area (Å²) in [4.78, 5) is 16.4. The molecule has 3 rings (SSSR count). The van der Waals surface area contributed by atoms with Crippen LogP contribution >= 0.6 is 15.9 Å². The Labute approximate surface area is 183 Å². The maximum Gasteiger partial charge on any atom is 0.277 e. The fraction of sp³-hybridized carbons (Fsp3) is 0.227. The number of rotatable bonds is 8. The Bertz CT molecular complexity index is 1060. The van der Waals surface area contributed by atoms with Crippen LogP contribution in [0.2, 0.25) is 0 Å². The number of pyridine rings is 1. The molecule has 2 aromatic carbocycles. The number of hydrogen-bond acceptors (Lipinski definition) is 6. The number of para-hydroxylation sites is 1. The summed E-state index contributed by atoms with van der Waals surface area (Å²) in [6.07, 6.45) is 3.21. The van der Waals surface area contributed by atoms with Gasteiger partial charge in [0.2, 0.25) is 0 Å². The first-order chi connectivity index (χ1) is 14.5. The van der Waals surface area contributed by atoms with E-state index < -0.39 is 0 Å². The van der Waals surface area contributed by atoms with Crippen LogP contribution < -0.4 is 19.6 Å². The topological polar surface area (TPSA) is 82.0 Å². The predicted octanol–water partition coefficient (Wildman–Crippen LogP) is 4.32. The molecule has 7 nitrogen and oxygen atoms in total. The lowest BCUT2D eigenvalue weighted by Crippen LogP contribution is -2.24. The van der Waals surface area contributed by atoms with E-state index in [-0.39, 0.29) is 18.6 Å². The second kappa shape index (κ2) is 10.1. The number of carbonyl (C=O) groups excluding carboxylic acids is 1. The number of ether oxygens (including phenoxy) is 3. The van der Waals surface area contributed by atoms with Crippen molar-refractivity contribution < 1.29 is 19.0 Å². The molecule has 1 aromatic heterocycles. The summed E-state index contributed by atoms with van der Waals surface area (Å²) in [7, 11) is 1.57. The number of nitrogens with one attached hydrogen (secondary N) is 1. The Kier molecular flexibility index (Phi) is 7.24. The van der Waals surface area contributed by atoms with Crippen molar-refractivity contribution in [3.63, 3.8) is 0 Å². The molecule has 8 heteroatoms. The highest BCUT2D eigenvalue weighted by molar-refractivity contribution is 9.10. The Morgan fingerprint density at radius 1 is 1.23 bits per heavy atom. The van der Waals surface area contributed by atoms with E-state index in [1.54, 1.807) is 25.4 Å². The molecule has 3 aromatic rings. The number of nitrogens with zero attached hydrogens (tertiary/aromatic N) is 2. The van der Waals surface area contributed by atoms with Gasteiger partial charge in [0.25, 0.3) is 5.91 Å². The molecular weight excluding hydrogens is 450 g/mol. The minimum Gasteiger partial charge on any atom is -0.493 e. The summed E-state index contributed by atoms with van der Waals surface area (Å²) in [6.45, 7) is 3.70. The summed E-state index contributed by atoms with van der Waals surface area (Å²) in [5.74, 6) is 1.34. The van der Waals surface area contributed by atoms with Crippen LogP contribution in [0.5, 0.6) is 17.2 Å². The summed E-state index contributed by atoms with van der Waals surface area (Å²) in [5.41, 5.74) is 3.89. The van der Waals surface area contributed by atoms with E-state index in [9.17, 15) is 4.79 Å². The monoisotopic (exact) mass is 471 g/mol. The molecule has 0 aliphatic rings. The minimum atomic E-state index is -0.384. The zero-order chi connectivity index (χ0) is 21.5. The highest BCUT2D eigenvalue weighted by atomic mass is 79.9. The first-order valence-electron chi connectivity index (χ1n) is 9.30. The number of amides is 1. The number of halogens is 1. The average Bonchev–Trinajstić information content (AvgIpc) is 2.73. The van der Waals surface area contributed by atoms with Gasteiger partial charge in [-0.3, -0.25) is 9.78 Å². The molecule has 0 unspecified atom stereocenters. The van der Waals surface area contributed by atoms with Crippen molar-refractivity contribution in [2.24, 2.45) is 5.10 Å². The quantitative estimate of drug-likeness (QED) is 0.390. The maximum absolute atomic E-state index is 12.1. The van der Waals surface area contributed by atoms with E-state index in [0.29, 0.717) is 22.8 Å². The smallest absolute Gasteiger partial charge is 0.277 e. The molecule has 30 heavy (non-hydrogen) atoms. The Morgan fingerprint density at radius 2 is 2.03 bits per heavy atom. The van der Waals surface area contributed by atoms with E-state index in [2.05, 4.69) is 31.4 Å². The van der Waals surface area contributed by atoms with Gasteiger partial charge in [0.15, 0.2) is 18.1 Å². The number of fused-ring (bicyclic) bond motifs is 1. The third kappa shape index (κ3) is 5.48. The number of methoxy groups -OCH3 is 1. The highest BCUT2D eigenvalue weighted by Gasteiger charge is 2.12. The first kappa shape index (κ1) is 21.6. The average molecular weight is 472 g/mol. The van der Waals surface area contributed by atoms with Crippen LogP contribution in [0.4, 0.5) is 0 Å². The highest BCUT2D eigenvalue weighted by Crippen LogP contribution is 2.37. The van der Waals surface area contributed by atoms with Gasteiger partial charge in [-0.15, -0.1) is 0 Å². The van der Waals surface area contributed by atoms with Crippen molar-refractivity contribution in [2.45, 2.75) is 20.0 Å². The molecule has 1 N–H and O–H groups in total. The molecule has 0 saturated heterocycles. The first-order valence-corrected chi connectivity index (χ1v) is 10.1. The largest absolute Gasteiger partial charge is 0.493 e. The lowest BCUT2D eigenvalue weighted by Gasteiger charge is -2.15. The number of hydrazone groups is 1. The molecule has 0 atom stereocenters. The number of aromatic nitrogens is 1. The predicted molar refractivity (Wildman–Crippen MR) is 119 cm³/mol. The van der Waals surface area contributed by atoms with E-state index in [1.165, 1.54) is 6.21 Å². The third-order valence-electron chi connectivity index (χ3n) is 3.96. The lowest BCUT2D eigenvalue weighted by atomic mass is 10.2. The third-order valence-corrected chi connectivity index (χ3v) is 4.55. The van der Waals surface area contributed by atoms with E-state index >= 15 is 0 Å². The van der Waals surface area contributed by atoms with Gasteiger partial charge in [0.1, 0.15) is 11.3 Å². The lowest BCUT2D eigenvalue weighted by molar-refractivity contribution is -0.123. The van der Waals surface area contributed by atoms with Gasteiger partial charge in [0.05, 0.1) is 23.9 Å². The Hall–Kier alpha value is -3.13. The van der Waals surface area contributed by atoms with Crippen LogP contribution in [0.25, 0.3) is 10.9 Å². The van der Waals surface area contributed by atoms with Gasteiger partial charge < -0.3 is 14.2 Å². The molecule has 0 fully saturated rings. The summed E-state index contributed by atoms with van der Waals surface area (Å²) >= 11 is 3.48. The second-order valence-electron chi connectivity index (χ2n) is 6.61. The summed E-state index contributed by atoms with van der Waals surface area (Å²) in [6, 6.07) is 12.9. The molecule has 0 saturated carbocycles. The fourth-order valence-electron chi connectivity index (χ4n) is 2.71. The molecular formula is C22H22BrN3O4. The van der Waals surface area contributed by atoms with Crippen molar-refractivity contribution in [2.75, 3.05) is 13.7 Å². The second-order valence-corrected chi connectivity index (χ2v) is 7.47. The normalized spacial score (nSPS) is 11.1. The van der Waals surface area contributed by atoms with E-state index in [1.807, 2.05) is 44.2 Å². The van der Waals surface area contributed by atoms with Gasteiger partial charge in [-0.05, 0) is 59.6 Å². The van der Waals surface area contributed by atoms with Crippen LogP contribution in [0.15, 0.2) is 58.2 Å². The molecule has 156 valence electrons. The molecule has 0 aliphatic carbocycles. The molecule has 0 aliphatic heterocycles. The molecule has 0 bridgehead atoms. The molecule has 0 radical (unpaired) electrons. The van der Waals surface area contributed by atoms with Crippen molar-refractivity contribution >= 4 is 39.0 Å². The zero-order valence-electron chi connectivity index (χ0n) is 16.9. The number of carbonyl (C=O) groups is 1. The molecule has 1 amide bonds. The van der Waals surface area contributed by atoms with Crippen molar-refractivity contribution in [3.8, 4) is 17.2 Å². The maximum atomic E-state index is 12.1.